The van der Waals surface area contributed by atoms with Gasteiger partial charge < -0.3 is 64.0 Å². The van der Waals surface area contributed by atoms with Gasteiger partial charge in [0.05, 0.1) is 12.1 Å². The molecule has 8 atom stereocenters. The Labute approximate surface area is 325 Å². The highest BCUT2D eigenvalue weighted by Gasteiger charge is 2.41. The van der Waals surface area contributed by atoms with E-state index in [9.17, 15) is 43.8 Å². The van der Waals surface area contributed by atoms with Gasteiger partial charge in [0.15, 0.2) is 5.96 Å². The summed E-state index contributed by atoms with van der Waals surface area (Å²) in [6.45, 7) is 7.90. The lowest BCUT2D eigenvalue weighted by molar-refractivity contribution is -0.144. The van der Waals surface area contributed by atoms with E-state index in [2.05, 4.69) is 31.6 Å². The van der Waals surface area contributed by atoms with Crippen molar-refractivity contribution in [1.82, 2.24) is 31.5 Å². The molecule has 0 saturated carbocycles. The van der Waals surface area contributed by atoms with Gasteiger partial charge in [-0.3, -0.25) is 38.6 Å². The van der Waals surface area contributed by atoms with Crippen LogP contribution in [0.3, 0.4) is 0 Å². The Morgan fingerprint density at radius 2 is 1.45 bits per heavy atom. The highest BCUT2D eigenvalue weighted by Crippen LogP contribution is 2.20. The van der Waals surface area contributed by atoms with Crippen molar-refractivity contribution >= 4 is 47.4 Å². The number of phenols is 1. The number of hydrogen-bond acceptors (Lipinski definition) is 11. The number of benzene rings is 1. The molecule has 1 aliphatic rings. The maximum Gasteiger partial charge on any atom is 0.325 e. The SMILES string of the molecule is CC(C)C[C@H](NC(=O)[C@H](C)NC(=O)[C@@H]1CCCN1C(=O)[C@@H](NC(=O)[C@H](Cc1ccc(O)cc1)NC(=O)[C@@H](N)CCCN=C(N)N)[C@@H](C)O)C(=O)N[C@@H](C)C(=O)O. The molecule has 6 amide bonds. The number of aliphatic imine (C=N–C) groups is 1. The molecule has 14 N–H and O–H groups in total. The number of rotatable bonds is 21. The third-order valence-electron chi connectivity index (χ3n) is 9.02. The molecule has 0 aliphatic carbocycles. The van der Waals surface area contributed by atoms with Crippen molar-refractivity contribution in [3.63, 3.8) is 0 Å². The van der Waals surface area contributed by atoms with Crippen molar-refractivity contribution < 1.29 is 48.9 Å². The fraction of sp³-hybridized carbons (Fsp3) is 0.611. The quantitative estimate of drug-likeness (QED) is 0.0343. The van der Waals surface area contributed by atoms with Gasteiger partial charge in [-0.05, 0) is 76.5 Å². The van der Waals surface area contributed by atoms with E-state index in [0.717, 1.165) is 0 Å². The summed E-state index contributed by atoms with van der Waals surface area (Å²) in [5, 5.41) is 42.2. The Hall–Kier alpha value is -5.50. The lowest BCUT2D eigenvalue weighted by Gasteiger charge is -2.31. The minimum absolute atomic E-state index is 0.0223. The monoisotopic (exact) mass is 790 g/mol. The standard InChI is InChI=1S/C36H58N10O10/c1-18(2)16-25(31(51)42-20(4)35(55)56)43-29(49)19(3)41-33(53)27-9-7-15-46(27)34(54)28(21(5)47)45-32(52)26(17-22-10-12-23(48)13-11-22)44-30(50)24(37)8-6-14-40-36(38)39/h10-13,18-21,24-28,47-48H,6-9,14-17,37H2,1-5H3,(H,41,53)(H,42,51)(H,43,49)(H,44,50)(H,45,52)(H,55,56)(H4,38,39,40)/t19-,20-,21+,24-,25-,26-,27-,28-/m0/s1. The van der Waals surface area contributed by atoms with Crippen molar-refractivity contribution in [2.45, 2.75) is 122 Å². The molecule has 1 saturated heterocycles. The number of amides is 6. The number of aliphatic carboxylic acids is 1. The molecule has 2 rings (SSSR count). The predicted molar refractivity (Wildman–Crippen MR) is 204 cm³/mol. The van der Waals surface area contributed by atoms with Crippen LogP contribution in [0.25, 0.3) is 0 Å². The van der Waals surface area contributed by atoms with Crippen LogP contribution >= 0.6 is 0 Å². The minimum Gasteiger partial charge on any atom is -0.508 e. The summed E-state index contributed by atoms with van der Waals surface area (Å²) in [5.41, 5.74) is 17.3. The number of aliphatic hydroxyl groups is 1. The number of phenolic OH excluding ortho intramolecular Hbond substituents is 1. The number of likely N-dealkylation sites (tertiary alicyclic amines) is 1. The number of carboxylic acid groups (broad SMARTS) is 1. The zero-order valence-corrected chi connectivity index (χ0v) is 32.5. The topological polar surface area (TPSA) is 334 Å². The second-order valence-corrected chi connectivity index (χ2v) is 14.4. The number of carbonyl (C=O) groups excluding carboxylic acids is 6. The molecule has 56 heavy (non-hydrogen) atoms. The fourth-order valence-corrected chi connectivity index (χ4v) is 5.88. The third-order valence-corrected chi connectivity index (χ3v) is 9.02. The van der Waals surface area contributed by atoms with E-state index in [4.69, 9.17) is 22.3 Å². The number of carboxylic acids is 1. The first-order chi connectivity index (χ1) is 26.2. The van der Waals surface area contributed by atoms with Crippen LogP contribution in [-0.2, 0) is 40.0 Å². The summed E-state index contributed by atoms with van der Waals surface area (Å²) in [6, 6.07) is -2.52. The largest absolute Gasteiger partial charge is 0.508 e. The molecule has 20 nitrogen and oxygen atoms in total. The molecule has 1 aromatic rings. The molecule has 20 heteroatoms. The van der Waals surface area contributed by atoms with Gasteiger partial charge >= 0.3 is 5.97 Å². The zero-order chi connectivity index (χ0) is 42.3. The van der Waals surface area contributed by atoms with E-state index in [0.29, 0.717) is 18.4 Å². The second-order valence-electron chi connectivity index (χ2n) is 14.4. The maximum absolute atomic E-state index is 13.9. The number of nitrogens with one attached hydrogen (secondary N) is 5. The second kappa shape index (κ2) is 22.2. The summed E-state index contributed by atoms with van der Waals surface area (Å²) in [5.74, 6) is -5.84. The number of guanidine groups is 1. The van der Waals surface area contributed by atoms with E-state index < -0.39 is 89.8 Å². The Morgan fingerprint density at radius 1 is 0.839 bits per heavy atom. The van der Waals surface area contributed by atoms with Crippen molar-refractivity contribution in [2.75, 3.05) is 13.1 Å². The average molecular weight is 791 g/mol. The smallest absolute Gasteiger partial charge is 0.325 e. The van der Waals surface area contributed by atoms with E-state index in [1.807, 2.05) is 13.8 Å². The number of aliphatic hydroxyl groups excluding tert-OH is 1. The zero-order valence-electron chi connectivity index (χ0n) is 32.5. The first-order valence-electron chi connectivity index (χ1n) is 18.5. The molecule has 0 spiro atoms. The molecular weight excluding hydrogens is 732 g/mol. The van der Waals surface area contributed by atoms with E-state index >= 15 is 0 Å². The van der Waals surface area contributed by atoms with E-state index in [-0.39, 0.29) is 56.4 Å². The molecule has 1 heterocycles. The van der Waals surface area contributed by atoms with Gasteiger partial charge in [-0.25, -0.2) is 0 Å². The van der Waals surface area contributed by atoms with Crippen molar-refractivity contribution in [3.05, 3.63) is 29.8 Å². The normalized spacial score (nSPS) is 17.6. The lowest BCUT2D eigenvalue weighted by atomic mass is 10.0. The van der Waals surface area contributed by atoms with Crippen LogP contribution in [0, 0.1) is 5.92 Å². The molecule has 1 fully saturated rings. The fourth-order valence-electron chi connectivity index (χ4n) is 5.88. The summed E-state index contributed by atoms with van der Waals surface area (Å²) >= 11 is 0. The Bertz CT molecular complexity index is 1570. The molecule has 1 aliphatic heterocycles. The summed E-state index contributed by atoms with van der Waals surface area (Å²) in [7, 11) is 0. The number of aromatic hydroxyl groups is 1. The maximum atomic E-state index is 13.9. The van der Waals surface area contributed by atoms with Crippen molar-refractivity contribution in [2.24, 2.45) is 28.1 Å². The Morgan fingerprint density at radius 3 is 2.02 bits per heavy atom. The summed E-state index contributed by atoms with van der Waals surface area (Å²) in [6.07, 6.45) is -0.179. The van der Waals surface area contributed by atoms with Crippen molar-refractivity contribution in [1.29, 1.82) is 0 Å². The van der Waals surface area contributed by atoms with Crippen molar-refractivity contribution in [3.8, 4) is 5.75 Å². The third kappa shape index (κ3) is 15.0. The van der Waals surface area contributed by atoms with Gasteiger partial charge in [0, 0.05) is 19.5 Å². The van der Waals surface area contributed by atoms with Gasteiger partial charge in [-0.1, -0.05) is 26.0 Å². The predicted octanol–water partition coefficient (Wildman–Crippen LogP) is -2.72. The number of nitrogens with zero attached hydrogens (tertiary/aromatic N) is 2. The molecule has 0 aromatic heterocycles. The van der Waals surface area contributed by atoms with Crippen LogP contribution in [-0.4, -0.2) is 129 Å². The Balaban J connectivity index is 2.19. The highest BCUT2D eigenvalue weighted by molar-refractivity contribution is 5.97. The van der Waals surface area contributed by atoms with E-state index in [1.165, 1.54) is 37.8 Å². The summed E-state index contributed by atoms with van der Waals surface area (Å²) in [4.78, 5) is 96.4. The van der Waals surface area contributed by atoms with Gasteiger partial charge in [-0.2, -0.15) is 0 Å². The van der Waals surface area contributed by atoms with Crippen LogP contribution in [0.5, 0.6) is 5.75 Å². The van der Waals surface area contributed by atoms with E-state index in [1.54, 1.807) is 12.1 Å². The molecular formula is C36H58N10O10. The lowest BCUT2D eigenvalue weighted by Crippen LogP contribution is -2.61. The van der Waals surface area contributed by atoms with Gasteiger partial charge in [0.2, 0.25) is 35.4 Å². The van der Waals surface area contributed by atoms with Crippen LogP contribution in [0.1, 0.15) is 72.3 Å². The average Bonchev–Trinajstić information content (AvgIpc) is 3.62. The van der Waals surface area contributed by atoms with Gasteiger partial charge in [0.1, 0.15) is 42.0 Å². The van der Waals surface area contributed by atoms with Crippen LogP contribution in [0.2, 0.25) is 0 Å². The first kappa shape index (κ1) is 46.7. The Kier molecular flexibility index (Phi) is 18.5. The number of hydrogen-bond donors (Lipinski definition) is 11. The molecule has 312 valence electrons. The summed E-state index contributed by atoms with van der Waals surface area (Å²) < 4.78 is 0. The highest BCUT2D eigenvalue weighted by atomic mass is 16.4. The molecule has 0 radical (unpaired) electrons. The van der Waals surface area contributed by atoms with Gasteiger partial charge in [-0.15, -0.1) is 0 Å². The molecule has 0 bridgehead atoms. The van der Waals surface area contributed by atoms with Gasteiger partial charge in [0.25, 0.3) is 0 Å². The number of carbonyl (C=O) groups is 7. The van der Waals surface area contributed by atoms with Crippen LogP contribution in [0.15, 0.2) is 29.3 Å². The number of nitrogens with two attached hydrogens (primary N) is 3. The first-order valence-corrected chi connectivity index (χ1v) is 18.5. The molecule has 0 unspecified atom stereocenters. The molecule has 1 aromatic carbocycles. The minimum atomic E-state index is -1.55. The van der Waals surface area contributed by atoms with Crippen LogP contribution in [0.4, 0.5) is 0 Å². The van der Waals surface area contributed by atoms with Crippen LogP contribution < -0.4 is 43.8 Å².